The zero-order valence-corrected chi connectivity index (χ0v) is 23.9. The Bertz CT molecular complexity index is 1510. The Morgan fingerprint density at radius 3 is 2.34 bits per heavy atom. The highest BCUT2D eigenvalue weighted by molar-refractivity contribution is 6.31. The molecule has 0 saturated heterocycles. The highest BCUT2D eigenvalue weighted by Gasteiger charge is 2.23. The summed E-state index contributed by atoms with van der Waals surface area (Å²) in [5, 5.41) is 10.7. The molecular formula is C33H33ClN2O5. The Hall–Kier alpha value is -4.36. The molecule has 0 bridgehead atoms. The number of carbonyl (C=O) groups excluding carboxylic acids is 1. The number of aryl methyl sites for hydroxylation is 1. The molecule has 0 atom stereocenters. The molecule has 4 rings (SSSR count). The minimum Gasteiger partial charge on any atom is -0.497 e. The molecule has 1 heterocycles. The maximum absolute atomic E-state index is 13.5. The van der Waals surface area contributed by atoms with Crippen LogP contribution in [0.2, 0.25) is 5.02 Å². The number of nitrogens with zero attached hydrogens (tertiary/aromatic N) is 2. The van der Waals surface area contributed by atoms with Crippen LogP contribution in [0.15, 0.2) is 84.4 Å². The van der Waals surface area contributed by atoms with Gasteiger partial charge in [-0.2, -0.15) is 0 Å². The lowest BCUT2D eigenvalue weighted by atomic mass is 10.0. The summed E-state index contributed by atoms with van der Waals surface area (Å²) in [5.41, 5.74) is 3.04. The van der Waals surface area contributed by atoms with Gasteiger partial charge in [-0.25, -0.2) is 14.6 Å². The van der Waals surface area contributed by atoms with Crippen molar-refractivity contribution in [1.29, 1.82) is 0 Å². The molecule has 7 nitrogen and oxygen atoms in total. The molecule has 0 radical (unpaired) electrons. The first-order valence-electron chi connectivity index (χ1n) is 13.5. The van der Waals surface area contributed by atoms with Gasteiger partial charge in [0.1, 0.15) is 18.2 Å². The number of aromatic nitrogens is 2. The molecular weight excluding hydrogens is 540 g/mol. The topological polar surface area (TPSA) is 90.7 Å². The van der Waals surface area contributed by atoms with E-state index in [1.807, 2.05) is 65.2 Å². The average Bonchev–Trinajstić information content (AvgIpc) is 3.33. The second kappa shape index (κ2) is 14.3. The number of benzene rings is 3. The fourth-order valence-corrected chi connectivity index (χ4v) is 4.64. The number of halogens is 1. The smallest absolute Gasteiger partial charge is 0.356 e. The van der Waals surface area contributed by atoms with Crippen LogP contribution in [0.25, 0.3) is 6.08 Å². The highest BCUT2D eigenvalue weighted by atomic mass is 35.5. The molecule has 41 heavy (non-hydrogen) atoms. The summed E-state index contributed by atoms with van der Waals surface area (Å²) in [7, 11) is 1.59. The van der Waals surface area contributed by atoms with Crippen LogP contribution in [-0.4, -0.2) is 33.7 Å². The third-order valence-corrected chi connectivity index (χ3v) is 7.04. The number of hydrogen-bond acceptors (Lipinski definition) is 5. The molecule has 212 valence electrons. The van der Waals surface area contributed by atoms with Crippen molar-refractivity contribution in [2.75, 3.05) is 7.11 Å². The van der Waals surface area contributed by atoms with Gasteiger partial charge in [-0.3, -0.25) is 0 Å². The zero-order valence-electron chi connectivity index (χ0n) is 23.2. The van der Waals surface area contributed by atoms with Crippen LogP contribution in [-0.2, 0) is 35.5 Å². The highest BCUT2D eigenvalue weighted by Crippen LogP contribution is 2.25. The number of imidazole rings is 1. The molecule has 0 aliphatic rings. The van der Waals surface area contributed by atoms with E-state index in [1.165, 1.54) is 0 Å². The van der Waals surface area contributed by atoms with Gasteiger partial charge in [-0.15, -0.1) is 0 Å². The lowest BCUT2D eigenvalue weighted by molar-refractivity contribution is -0.140. The van der Waals surface area contributed by atoms with E-state index in [0.717, 1.165) is 29.5 Å². The van der Waals surface area contributed by atoms with Crippen LogP contribution in [0.5, 0.6) is 5.75 Å². The number of hydrogen-bond donors (Lipinski definition) is 1. The summed E-state index contributed by atoms with van der Waals surface area (Å²) in [6.45, 7) is 2.43. The number of unbranched alkanes of at least 4 members (excludes halogenated alkanes) is 1. The van der Waals surface area contributed by atoms with Crippen molar-refractivity contribution in [3.63, 3.8) is 0 Å². The van der Waals surface area contributed by atoms with E-state index in [4.69, 9.17) is 21.1 Å². The van der Waals surface area contributed by atoms with Gasteiger partial charge in [0, 0.05) is 23.4 Å². The Morgan fingerprint density at radius 1 is 0.976 bits per heavy atom. The van der Waals surface area contributed by atoms with Crippen molar-refractivity contribution in [2.45, 2.75) is 45.8 Å². The van der Waals surface area contributed by atoms with Crippen molar-refractivity contribution in [3.05, 3.63) is 123 Å². The van der Waals surface area contributed by atoms with Crippen LogP contribution < -0.4 is 4.74 Å². The van der Waals surface area contributed by atoms with E-state index in [1.54, 1.807) is 31.4 Å². The van der Waals surface area contributed by atoms with Gasteiger partial charge in [0.15, 0.2) is 5.69 Å². The summed E-state index contributed by atoms with van der Waals surface area (Å²) in [6, 6.07) is 24.2. The normalized spacial score (nSPS) is 11.3. The summed E-state index contributed by atoms with van der Waals surface area (Å²) >= 11 is 6.49. The number of carboxylic acids is 1. The molecule has 0 unspecified atom stereocenters. The maximum Gasteiger partial charge on any atom is 0.356 e. The van der Waals surface area contributed by atoms with Crippen molar-refractivity contribution in [3.8, 4) is 5.75 Å². The van der Waals surface area contributed by atoms with E-state index in [0.29, 0.717) is 40.8 Å². The van der Waals surface area contributed by atoms with Crippen LogP contribution in [0.1, 0.15) is 58.5 Å². The van der Waals surface area contributed by atoms with Crippen LogP contribution in [0.3, 0.4) is 0 Å². The molecule has 3 aromatic carbocycles. The third-order valence-electron chi connectivity index (χ3n) is 6.67. The van der Waals surface area contributed by atoms with Gasteiger partial charge in [0.05, 0.1) is 19.3 Å². The Morgan fingerprint density at radius 2 is 1.68 bits per heavy atom. The van der Waals surface area contributed by atoms with E-state index >= 15 is 0 Å². The van der Waals surface area contributed by atoms with E-state index in [9.17, 15) is 14.7 Å². The number of aromatic carboxylic acids is 1. The van der Waals surface area contributed by atoms with Gasteiger partial charge in [0.2, 0.25) is 0 Å². The molecule has 0 amide bonds. The standard InChI is InChI=1S/C33H33ClN2O5/c1-3-4-14-30-35-31(32(37)38)29(36(30)21-25-12-8-9-13-28(25)34)20-26(19-23-10-6-5-7-11-23)33(39)41-22-24-15-17-27(40-2)18-16-24/h5-13,15-18,20H,3-4,14,19,21-22H2,1-2H3,(H,37,38)/b26-20+. The van der Waals surface area contributed by atoms with Crippen LogP contribution in [0.4, 0.5) is 0 Å². The summed E-state index contributed by atoms with van der Waals surface area (Å²) < 4.78 is 12.8. The molecule has 0 aliphatic heterocycles. The van der Waals surface area contributed by atoms with Crippen LogP contribution >= 0.6 is 11.6 Å². The predicted molar refractivity (Wildman–Crippen MR) is 159 cm³/mol. The largest absolute Gasteiger partial charge is 0.497 e. The first-order chi connectivity index (χ1) is 19.9. The third kappa shape index (κ3) is 7.86. The number of carbonyl (C=O) groups is 2. The fraction of sp³-hybridized carbons (Fsp3) is 0.242. The lowest BCUT2D eigenvalue weighted by Gasteiger charge is -2.14. The SMILES string of the molecule is CCCCc1nc(C(=O)O)c(/C=C(\Cc2ccccc2)C(=O)OCc2ccc(OC)cc2)n1Cc1ccccc1Cl. The fourth-order valence-electron chi connectivity index (χ4n) is 4.44. The molecule has 4 aromatic rings. The zero-order chi connectivity index (χ0) is 29.2. The first kappa shape index (κ1) is 29.6. The number of carboxylic acid groups (broad SMARTS) is 1. The molecule has 1 aromatic heterocycles. The minimum atomic E-state index is -1.17. The van der Waals surface area contributed by atoms with Crippen molar-refractivity contribution < 1.29 is 24.2 Å². The summed E-state index contributed by atoms with van der Waals surface area (Å²) in [6.07, 6.45) is 4.20. The number of esters is 1. The van der Waals surface area contributed by atoms with Crippen molar-refractivity contribution >= 4 is 29.6 Å². The Labute approximate surface area is 245 Å². The number of methoxy groups -OCH3 is 1. The number of rotatable bonds is 13. The number of ether oxygens (including phenoxy) is 2. The molecule has 1 N–H and O–H groups in total. The molecule has 0 fully saturated rings. The van der Waals surface area contributed by atoms with Gasteiger partial charge in [-0.05, 0) is 47.4 Å². The quantitative estimate of drug-likeness (QED) is 0.137. The Kier molecular flexibility index (Phi) is 10.3. The second-order valence-electron chi connectivity index (χ2n) is 9.60. The van der Waals surface area contributed by atoms with E-state index in [-0.39, 0.29) is 18.7 Å². The maximum atomic E-state index is 13.5. The van der Waals surface area contributed by atoms with Crippen molar-refractivity contribution in [1.82, 2.24) is 9.55 Å². The second-order valence-corrected chi connectivity index (χ2v) is 10.0. The summed E-state index contributed by atoms with van der Waals surface area (Å²) in [5.74, 6) is -0.378. The molecule has 0 saturated carbocycles. The Balaban J connectivity index is 1.77. The van der Waals surface area contributed by atoms with Gasteiger partial charge in [0.25, 0.3) is 0 Å². The average molecular weight is 573 g/mol. The van der Waals surface area contributed by atoms with Gasteiger partial charge in [-0.1, -0.05) is 85.6 Å². The van der Waals surface area contributed by atoms with E-state index < -0.39 is 11.9 Å². The summed E-state index contributed by atoms with van der Waals surface area (Å²) in [4.78, 5) is 30.4. The predicted octanol–water partition coefficient (Wildman–Crippen LogP) is 7.00. The monoisotopic (exact) mass is 572 g/mol. The lowest BCUT2D eigenvalue weighted by Crippen LogP contribution is -2.13. The first-order valence-corrected chi connectivity index (χ1v) is 13.9. The van der Waals surface area contributed by atoms with Crippen LogP contribution in [0, 0.1) is 0 Å². The molecule has 0 aliphatic carbocycles. The van der Waals surface area contributed by atoms with E-state index in [2.05, 4.69) is 11.9 Å². The molecule has 0 spiro atoms. The van der Waals surface area contributed by atoms with Gasteiger partial charge >= 0.3 is 11.9 Å². The van der Waals surface area contributed by atoms with Gasteiger partial charge < -0.3 is 19.1 Å². The van der Waals surface area contributed by atoms with Crippen molar-refractivity contribution in [2.24, 2.45) is 0 Å². The minimum absolute atomic E-state index is 0.0569. The molecule has 8 heteroatoms.